The second kappa shape index (κ2) is 7.00. The number of rotatable bonds is 5. The van der Waals surface area contributed by atoms with Crippen LogP contribution < -0.4 is 4.74 Å². The van der Waals surface area contributed by atoms with Crippen molar-refractivity contribution >= 4 is 50.9 Å². The average molecular weight is 367 g/mol. The Morgan fingerprint density at radius 3 is 2.18 bits per heavy atom. The summed E-state index contributed by atoms with van der Waals surface area (Å²) < 4.78 is 5.25. The second-order valence-electron chi connectivity index (χ2n) is 4.53. The summed E-state index contributed by atoms with van der Waals surface area (Å²) in [4.78, 5) is 17.3. The second-order valence-corrected chi connectivity index (χ2v) is 8.98. The maximum Gasteiger partial charge on any atom is 0.186 e. The third kappa shape index (κ3) is 3.63. The molecule has 0 aliphatic heterocycles. The lowest BCUT2D eigenvalue weighted by molar-refractivity contribution is -0.109. The Morgan fingerprint density at radius 2 is 1.55 bits per heavy atom. The predicted octanol–water partition coefficient (Wildman–Crippen LogP) is 5.99. The van der Waals surface area contributed by atoms with E-state index in [0.717, 1.165) is 10.8 Å². The minimum absolute atomic E-state index is 0.167. The standard InChI is InChI=1S/C16H14O2S4/c1-10(17)19-9-11-3-4-12(20-11)13-5-6-14(21-13)15-7-8-16(18-2)22-15/h3-8H,9H2,1-2H3. The third-order valence-electron chi connectivity index (χ3n) is 2.95. The molecule has 6 heteroatoms. The number of hydrogen-bond acceptors (Lipinski definition) is 6. The van der Waals surface area contributed by atoms with Crippen molar-refractivity contribution in [1.29, 1.82) is 0 Å². The molecule has 3 aromatic rings. The Morgan fingerprint density at radius 1 is 0.955 bits per heavy atom. The zero-order valence-corrected chi connectivity index (χ0v) is 15.4. The van der Waals surface area contributed by atoms with Crippen molar-refractivity contribution < 1.29 is 9.53 Å². The highest BCUT2D eigenvalue weighted by atomic mass is 32.2. The van der Waals surface area contributed by atoms with E-state index >= 15 is 0 Å². The number of methoxy groups -OCH3 is 1. The van der Waals surface area contributed by atoms with Crippen LogP contribution in [0.2, 0.25) is 0 Å². The minimum Gasteiger partial charge on any atom is -0.487 e. The van der Waals surface area contributed by atoms with Gasteiger partial charge in [0.05, 0.1) is 7.11 Å². The van der Waals surface area contributed by atoms with Crippen LogP contribution in [0, 0.1) is 0 Å². The summed E-state index contributed by atoms with van der Waals surface area (Å²) in [6, 6.07) is 12.7. The molecule has 0 saturated heterocycles. The Labute approximate surface area is 145 Å². The van der Waals surface area contributed by atoms with E-state index in [1.807, 2.05) is 6.07 Å². The molecule has 0 spiro atoms. The van der Waals surface area contributed by atoms with Gasteiger partial charge in [0.2, 0.25) is 0 Å². The lowest BCUT2D eigenvalue weighted by atomic mass is 10.3. The topological polar surface area (TPSA) is 26.3 Å². The number of carbonyl (C=O) groups is 1. The van der Waals surface area contributed by atoms with Gasteiger partial charge in [0, 0.05) is 37.1 Å². The van der Waals surface area contributed by atoms with Crippen molar-refractivity contribution in [3.05, 3.63) is 41.3 Å². The van der Waals surface area contributed by atoms with Crippen molar-refractivity contribution in [2.45, 2.75) is 12.7 Å². The van der Waals surface area contributed by atoms with Crippen LogP contribution in [0.15, 0.2) is 36.4 Å². The first kappa shape index (κ1) is 15.8. The SMILES string of the molecule is COc1ccc(-c2ccc(-c3ccc(CSC(C)=O)s3)s2)s1. The molecular weight excluding hydrogens is 352 g/mol. The van der Waals surface area contributed by atoms with Crippen LogP contribution >= 0.6 is 45.8 Å². The molecule has 0 bridgehead atoms. The fourth-order valence-corrected chi connectivity index (χ4v) is 5.59. The maximum atomic E-state index is 11.0. The van der Waals surface area contributed by atoms with Crippen LogP contribution in [-0.2, 0) is 10.5 Å². The molecule has 0 unspecified atom stereocenters. The summed E-state index contributed by atoms with van der Waals surface area (Å²) in [6.07, 6.45) is 0. The lowest BCUT2D eigenvalue weighted by Gasteiger charge is -1.93. The van der Waals surface area contributed by atoms with Gasteiger partial charge in [-0.05, 0) is 36.4 Å². The lowest BCUT2D eigenvalue weighted by Crippen LogP contribution is -1.81. The smallest absolute Gasteiger partial charge is 0.186 e. The first-order chi connectivity index (χ1) is 10.7. The highest BCUT2D eigenvalue weighted by Gasteiger charge is 2.10. The first-order valence-electron chi connectivity index (χ1n) is 6.62. The van der Waals surface area contributed by atoms with E-state index < -0.39 is 0 Å². The molecule has 114 valence electrons. The van der Waals surface area contributed by atoms with E-state index in [2.05, 4.69) is 30.3 Å². The summed E-state index contributed by atoms with van der Waals surface area (Å²) in [6.45, 7) is 1.61. The van der Waals surface area contributed by atoms with Crippen molar-refractivity contribution in [3.8, 4) is 24.6 Å². The zero-order chi connectivity index (χ0) is 15.5. The summed E-state index contributed by atoms with van der Waals surface area (Å²) >= 11 is 6.58. The van der Waals surface area contributed by atoms with Gasteiger partial charge in [-0.2, -0.15) is 0 Å². The monoisotopic (exact) mass is 366 g/mol. The molecule has 22 heavy (non-hydrogen) atoms. The molecule has 2 nitrogen and oxygen atoms in total. The number of thiophene rings is 3. The zero-order valence-electron chi connectivity index (χ0n) is 12.1. The van der Waals surface area contributed by atoms with Crippen LogP contribution in [-0.4, -0.2) is 12.2 Å². The average Bonchev–Trinajstić information content (AvgIpc) is 3.23. The van der Waals surface area contributed by atoms with E-state index in [1.165, 1.54) is 36.1 Å². The summed E-state index contributed by atoms with van der Waals surface area (Å²) in [5.41, 5.74) is 0. The largest absolute Gasteiger partial charge is 0.487 e. The normalized spacial score (nSPS) is 10.8. The molecule has 3 aromatic heterocycles. The van der Waals surface area contributed by atoms with Gasteiger partial charge < -0.3 is 4.74 Å². The van der Waals surface area contributed by atoms with Gasteiger partial charge in [-0.25, -0.2) is 0 Å². The van der Waals surface area contributed by atoms with Gasteiger partial charge in [-0.15, -0.1) is 22.7 Å². The predicted molar refractivity (Wildman–Crippen MR) is 99.5 cm³/mol. The molecular formula is C16H14O2S4. The van der Waals surface area contributed by atoms with E-state index in [9.17, 15) is 4.79 Å². The van der Waals surface area contributed by atoms with Crippen LogP contribution in [0.5, 0.6) is 5.06 Å². The molecule has 0 atom stereocenters. The van der Waals surface area contributed by atoms with Crippen LogP contribution in [0.25, 0.3) is 19.5 Å². The highest BCUT2D eigenvalue weighted by molar-refractivity contribution is 8.12. The molecule has 0 saturated carbocycles. The highest BCUT2D eigenvalue weighted by Crippen LogP contribution is 2.41. The molecule has 0 aliphatic carbocycles. The Kier molecular flexibility index (Phi) is 5.03. The molecule has 0 fully saturated rings. The minimum atomic E-state index is 0.167. The van der Waals surface area contributed by atoms with Gasteiger partial charge >= 0.3 is 0 Å². The molecule has 0 amide bonds. The number of hydrogen-bond donors (Lipinski definition) is 0. The quantitative estimate of drug-likeness (QED) is 0.554. The number of carbonyl (C=O) groups excluding carboxylic acids is 1. The van der Waals surface area contributed by atoms with Gasteiger partial charge in [-0.1, -0.05) is 23.1 Å². The van der Waals surface area contributed by atoms with E-state index in [0.29, 0.717) is 0 Å². The molecule has 0 radical (unpaired) electrons. The molecule has 0 N–H and O–H groups in total. The Balaban J connectivity index is 1.77. The molecule has 3 rings (SSSR count). The van der Waals surface area contributed by atoms with Crippen LogP contribution in [0.1, 0.15) is 11.8 Å². The number of ether oxygens (including phenoxy) is 1. The van der Waals surface area contributed by atoms with E-state index in [1.54, 1.807) is 48.0 Å². The summed E-state index contributed by atoms with van der Waals surface area (Å²) in [7, 11) is 1.70. The van der Waals surface area contributed by atoms with Crippen molar-refractivity contribution in [1.82, 2.24) is 0 Å². The third-order valence-corrected chi connectivity index (χ3v) is 7.61. The molecule has 3 heterocycles. The van der Waals surface area contributed by atoms with E-state index in [-0.39, 0.29) is 5.12 Å². The summed E-state index contributed by atoms with van der Waals surface area (Å²) in [5, 5.41) is 1.10. The number of thioether (sulfide) groups is 1. The van der Waals surface area contributed by atoms with Gasteiger partial charge in [0.25, 0.3) is 0 Å². The first-order valence-corrected chi connectivity index (χ1v) is 10.1. The van der Waals surface area contributed by atoms with Gasteiger partial charge in [-0.3, -0.25) is 4.79 Å². The van der Waals surface area contributed by atoms with Gasteiger partial charge in [0.1, 0.15) is 0 Å². The summed E-state index contributed by atoms with van der Waals surface area (Å²) in [5.74, 6) is 0.764. The van der Waals surface area contributed by atoms with Gasteiger partial charge in [0.15, 0.2) is 10.2 Å². The molecule has 0 aromatic carbocycles. The van der Waals surface area contributed by atoms with Crippen LogP contribution in [0.3, 0.4) is 0 Å². The Bertz CT molecular complexity index is 782. The van der Waals surface area contributed by atoms with Crippen molar-refractivity contribution in [2.24, 2.45) is 0 Å². The van der Waals surface area contributed by atoms with Crippen molar-refractivity contribution in [3.63, 3.8) is 0 Å². The van der Waals surface area contributed by atoms with E-state index in [4.69, 9.17) is 4.74 Å². The Hall–Kier alpha value is -1.08. The van der Waals surface area contributed by atoms with Crippen LogP contribution in [0.4, 0.5) is 0 Å². The molecule has 0 aliphatic rings. The fraction of sp³-hybridized carbons (Fsp3) is 0.188. The van der Waals surface area contributed by atoms with Crippen molar-refractivity contribution in [2.75, 3.05) is 7.11 Å². The maximum absolute atomic E-state index is 11.0. The fourth-order valence-electron chi connectivity index (χ4n) is 1.93.